The number of anilines is 2. The van der Waals surface area contributed by atoms with Crippen LogP contribution in [0.15, 0.2) is 43.0 Å². The smallest absolute Gasteiger partial charge is 0.227 e. The van der Waals surface area contributed by atoms with E-state index in [-0.39, 0.29) is 11.9 Å². The predicted octanol–water partition coefficient (Wildman–Crippen LogP) is 3.10. The SMILES string of the molecule is Cn1cc(-c2nc3c(N4CCC(N5C(=O)CCCc6ccccc65)CC4)ncnc3n2C)cn1. The third-order valence-corrected chi connectivity index (χ3v) is 7.09. The Hall–Kier alpha value is -3.75. The van der Waals surface area contributed by atoms with Gasteiger partial charge >= 0.3 is 0 Å². The highest BCUT2D eigenvalue weighted by molar-refractivity contribution is 5.95. The van der Waals surface area contributed by atoms with Crippen LogP contribution in [0.2, 0.25) is 0 Å². The molecule has 34 heavy (non-hydrogen) atoms. The van der Waals surface area contributed by atoms with Crippen molar-refractivity contribution in [1.82, 2.24) is 29.3 Å². The minimum Gasteiger partial charge on any atom is -0.355 e. The van der Waals surface area contributed by atoms with E-state index in [0.29, 0.717) is 6.42 Å². The average Bonchev–Trinajstić information content (AvgIpc) is 3.38. The maximum Gasteiger partial charge on any atom is 0.227 e. The minimum atomic E-state index is 0.204. The summed E-state index contributed by atoms with van der Waals surface area (Å²) >= 11 is 0. The first kappa shape index (κ1) is 20.8. The van der Waals surface area contributed by atoms with Gasteiger partial charge in [-0.1, -0.05) is 18.2 Å². The van der Waals surface area contributed by atoms with Crippen molar-refractivity contribution >= 4 is 28.6 Å². The highest BCUT2D eigenvalue weighted by Crippen LogP contribution is 2.34. The Balaban J connectivity index is 1.28. The van der Waals surface area contributed by atoms with E-state index in [2.05, 4.69) is 43.1 Å². The maximum absolute atomic E-state index is 13.1. The number of carbonyl (C=O) groups is 1. The Morgan fingerprint density at radius 3 is 2.65 bits per heavy atom. The summed E-state index contributed by atoms with van der Waals surface area (Å²) in [7, 11) is 3.87. The van der Waals surface area contributed by atoms with Crippen LogP contribution in [-0.4, -0.2) is 54.3 Å². The number of aryl methyl sites for hydroxylation is 3. The molecule has 0 radical (unpaired) electrons. The van der Waals surface area contributed by atoms with E-state index in [9.17, 15) is 4.79 Å². The third kappa shape index (κ3) is 3.43. The molecule has 1 amide bonds. The van der Waals surface area contributed by atoms with Crippen LogP contribution in [0.3, 0.4) is 0 Å². The molecule has 0 unspecified atom stereocenters. The van der Waals surface area contributed by atoms with Gasteiger partial charge in [-0.3, -0.25) is 9.48 Å². The fourth-order valence-corrected chi connectivity index (χ4v) is 5.39. The number of nitrogens with zero attached hydrogens (tertiary/aromatic N) is 8. The van der Waals surface area contributed by atoms with Crippen molar-refractivity contribution in [1.29, 1.82) is 0 Å². The number of rotatable bonds is 3. The molecule has 4 aromatic rings. The number of piperidine rings is 1. The lowest BCUT2D eigenvalue weighted by Crippen LogP contribution is -2.48. The van der Waals surface area contributed by atoms with Crippen molar-refractivity contribution in [2.24, 2.45) is 14.1 Å². The predicted molar refractivity (Wildman–Crippen MR) is 131 cm³/mol. The summed E-state index contributed by atoms with van der Waals surface area (Å²) in [5.74, 6) is 1.93. The molecular formula is C25H28N8O. The average molecular weight is 457 g/mol. The van der Waals surface area contributed by atoms with Gasteiger partial charge in [0, 0.05) is 51.5 Å². The molecule has 2 aliphatic rings. The van der Waals surface area contributed by atoms with Gasteiger partial charge in [0.1, 0.15) is 12.2 Å². The van der Waals surface area contributed by atoms with E-state index >= 15 is 0 Å². The topological polar surface area (TPSA) is 85.0 Å². The molecule has 0 atom stereocenters. The van der Waals surface area contributed by atoms with Crippen molar-refractivity contribution in [2.75, 3.05) is 22.9 Å². The van der Waals surface area contributed by atoms with Gasteiger partial charge in [-0.15, -0.1) is 0 Å². The first-order chi connectivity index (χ1) is 16.6. The molecule has 0 spiro atoms. The molecular weight excluding hydrogens is 428 g/mol. The zero-order valence-corrected chi connectivity index (χ0v) is 19.6. The highest BCUT2D eigenvalue weighted by atomic mass is 16.2. The lowest BCUT2D eigenvalue weighted by molar-refractivity contribution is -0.119. The second-order valence-electron chi connectivity index (χ2n) is 9.23. The number of hydrogen-bond donors (Lipinski definition) is 0. The summed E-state index contributed by atoms with van der Waals surface area (Å²) in [6.07, 6.45) is 9.69. The molecule has 0 saturated carbocycles. The second-order valence-corrected chi connectivity index (χ2v) is 9.23. The molecule has 5 heterocycles. The molecule has 0 aliphatic carbocycles. The van der Waals surface area contributed by atoms with Gasteiger partial charge in [-0.2, -0.15) is 5.10 Å². The van der Waals surface area contributed by atoms with Gasteiger partial charge in [0.15, 0.2) is 17.0 Å². The molecule has 1 fully saturated rings. The largest absolute Gasteiger partial charge is 0.355 e. The van der Waals surface area contributed by atoms with Crippen LogP contribution in [-0.2, 0) is 25.3 Å². The first-order valence-electron chi connectivity index (χ1n) is 11.9. The van der Waals surface area contributed by atoms with E-state index in [0.717, 1.165) is 72.8 Å². The van der Waals surface area contributed by atoms with Crippen LogP contribution in [0.4, 0.5) is 11.5 Å². The molecule has 9 heteroatoms. The van der Waals surface area contributed by atoms with Crippen LogP contribution >= 0.6 is 0 Å². The summed E-state index contributed by atoms with van der Waals surface area (Å²) in [6.45, 7) is 1.64. The maximum atomic E-state index is 13.1. The van der Waals surface area contributed by atoms with Gasteiger partial charge in [-0.05, 0) is 37.3 Å². The van der Waals surface area contributed by atoms with Crippen LogP contribution in [0.25, 0.3) is 22.6 Å². The van der Waals surface area contributed by atoms with Gasteiger partial charge in [0.2, 0.25) is 5.91 Å². The van der Waals surface area contributed by atoms with Crippen LogP contribution in [0, 0.1) is 0 Å². The van der Waals surface area contributed by atoms with E-state index in [4.69, 9.17) is 4.98 Å². The number of hydrogen-bond acceptors (Lipinski definition) is 6. The number of para-hydroxylation sites is 1. The number of amides is 1. The molecule has 3 aromatic heterocycles. The molecule has 0 N–H and O–H groups in total. The summed E-state index contributed by atoms with van der Waals surface area (Å²) in [5, 5.41) is 4.28. The fraction of sp³-hybridized carbons (Fsp3) is 0.400. The fourth-order valence-electron chi connectivity index (χ4n) is 5.39. The third-order valence-electron chi connectivity index (χ3n) is 7.09. The summed E-state index contributed by atoms with van der Waals surface area (Å²) in [5.41, 5.74) is 4.94. The van der Waals surface area contributed by atoms with Gasteiger partial charge in [-0.25, -0.2) is 15.0 Å². The second kappa shape index (κ2) is 8.23. The molecule has 1 saturated heterocycles. The number of benzene rings is 1. The van der Waals surface area contributed by atoms with Crippen LogP contribution < -0.4 is 9.80 Å². The Morgan fingerprint density at radius 1 is 1.03 bits per heavy atom. The Kier molecular flexibility index (Phi) is 5.04. The highest BCUT2D eigenvalue weighted by Gasteiger charge is 2.32. The van der Waals surface area contributed by atoms with E-state index in [1.54, 1.807) is 11.0 Å². The first-order valence-corrected chi connectivity index (χ1v) is 11.9. The Morgan fingerprint density at radius 2 is 1.85 bits per heavy atom. The van der Waals surface area contributed by atoms with Gasteiger partial charge in [0.25, 0.3) is 0 Å². The molecule has 9 nitrogen and oxygen atoms in total. The van der Waals surface area contributed by atoms with Crippen LogP contribution in [0.1, 0.15) is 31.2 Å². The van der Waals surface area contributed by atoms with Crippen molar-refractivity contribution in [2.45, 2.75) is 38.1 Å². The molecule has 0 bridgehead atoms. The Bertz CT molecular complexity index is 1360. The van der Waals surface area contributed by atoms with E-state index in [1.165, 1.54) is 5.56 Å². The lowest BCUT2D eigenvalue weighted by atomic mass is 10.0. The number of carbonyl (C=O) groups excluding carboxylic acids is 1. The monoisotopic (exact) mass is 456 g/mol. The minimum absolute atomic E-state index is 0.204. The molecule has 174 valence electrons. The number of aromatic nitrogens is 6. The van der Waals surface area contributed by atoms with E-state index in [1.807, 2.05) is 37.1 Å². The quantitative estimate of drug-likeness (QED) is 0.471. The van der Waals surface area contributed by atoms with Crippen molar-refractivity contribution in [3.63, 3.8) is 0 Å². The van der Waals surface area contributed by atoms with Crippen molar-refractivity contribution in [3.05, 3.63) is 48.5 Å². The summed E-state index contributed by atoms with van der Waals surface area (Å²) < 4.78 is 3.77. The number of imidazole rings is 1. The van der Waals surface area contributed by atoms with Crippen molar-refractivity contribution < 1.29 is 4.79 Å². The molecule has 6 rings (SSSR count). The number of fused-ring (bicyclic) bond motifs is 2. The lowest BCUT2D eigenvalue weighted by Gasteiger charge is -2.39. The zero-order valence-electron chi connectivity index (χ0n) is 19.6. The standard InChI is InChI=1S/C25H28N8O/c1-30-15-18(14-28-30)23-29-22-24(31(23)2)26-16-27-25(22)32-12-10-19(11-13-32)33-20-8-4-3-6-17(20)7-5-9-21(33)34/h3-4,6,8,14-16,19H,5,7,9-13H2,1-2H3. The zero-order chi connectivity index (χ0) is 23.2. The summed E-state index contributed by atoms with van der Waals surface area (Å²) in [6, 6.07) is 8.58. The molecule has 1 aromatic carbocycles. The summed E-state index contributed by atoms with van der Waals surface area (Å²) in [4.78, 5) is 31.5. The van der Waals surface area contributed by atoms with Crippen LogP contribution in [0.5, 0.6) is 0 Å². The normalized spacial score (nSPS) is 17.3. The molecule has 2 aliphatic heterocycles. The van der Waals surface area contributed by atoms with E-state index < -0.39 is 0 Å². The van der Waals surface area contributed by atoms with Gasteiger partial charge < -0.3 is 14.4 Å². The van der Waals surface area contributed by atoms with Gasteiger partial charge in [0.05, 0.1) is 11.8 Å². The van der Waals surface area contributed by atoms with Crippen molar-refractivity contribution in [3.8, 4) is 11.4 Å². The Labute approximate surface area is 198 Å².